The van der Waals surface area contributed by atoms with Crippen molar-refractivity contribution in [3.63, 3.8) is 0 Å². The molecule has 4 heteroatoms. The molecule has 0 saturated carbocycles. The highest BCUT2D eigenvalue weighted by molar-refractivity contribution is 6.05. The molecule has 1 aliphatic heterocycles. The summed E-state index contributed by atoms with van der Waals surface area (Å²) in [7, 11) is 0. The van der Waals surface area contributed by atoms with Gasteiger partial charge >= 0.3 is 0 Å². The lowest BCUT2D eigenvalue weighted by Crippen LogP contribution is -2.21. The molecule has 5 rings (SSSR count). The van der Waals surface area contributed by atoms with Crippen molar-refractivity contribution in [3.05, 3.63) is 102 Å². The summed E-state index contributed by atoms with van der Waals surface area (Å²) in [4.78, 5) is 19.8. The summed E-state index contributed by atoms with van der Waals surface area (Å²) in [5.41, 5.74) is 6.03. The normalized spacial score (nSPS) is 15.8. The molecule has 1 N–H and O–H groups in total. The van der Waals surface area contributed by atoms with Gasteiger partial charge in [0.25, 0.3) is 5.91 Å². The summed E-state index contributed by atoms with van der Waals surface area (Å²) in [6.45, 7) is 4.12. The van der Waals surface area contributed by atoms with E-state index in [0.717, 1.165) is 41.8 Å². The summed E-state index contributed by atoms with van der Waals surface area (Å²) < 4.78 is 0. The van der Waals surface area contributed by atoms with Crippen LogP contribution in [0.3, 0.4) is 0 Å². The lowest BCUT2D eigenvalue weighted by Gasteiger charge is -2.22. The molecule has 2 heterocycles. The number of carbonyl (C=O) groups is 1. The number of nitrogens with one attached hydrogen (secondary N) is 1. The second-order valence-electron chi connectivity index (χ2n) is 8.63. The highest BCUT2D eigenvalue weighted by Gasteiger charge is 2.24. The Kier molecular flexibility index (Phi) is 5.59. The van der Waals surface area contributed by atoms with E-state index in [1.807, 2.05) is 49.4 Å². The van der Waals surface area contributed by atoms with E-state index in [2.05, 4.69) is 52.7 Å². The molecule has 0 radical (unpaired) electrons. The Morgan fingerprint density at radius 3 is 2.53 bits per heavy atom. The monoisotopic (exact) mass is 421 g/mol. The van der Waals surface area contributed by atoms with Crippen molar-refractivity contribution in [2.45, 2.75) is 19.8 Å². The van der Waals surface area contributed by atoms with Crippen molar-refractivity contribution in [1.82, 2.24) is 4.98 Å². The van der Waals surface area contributed by atoms with Crippen molar-refractivity contribution in [2.75, 3.05) is 23.3 Å². The molecule has 1 amide bonds. The smallest absolute Gasteiger partial charge is 0.255 e. The molecule has 1 aliphatic rings. The summed E-state index contributed by atoms with van der Waals surface area (Å²) in [6.07, 6.45) is 2.29. The zero-order chi connectivity index (χ0) is 21.9. The predicted octanol–water partition coefficient (Wildman–Crippen LogP) is 5.86. The Hall–Kier alpha value is -3.66. The highest BCUT2D eigenvalue weighted by atomic mass is 16.1. The number of hydrogen-bond donors (Lipinski definition) is 1. The molecule has 1 atom stereocenters. The molecule has 4 nitrogen and oxygen atoms in total. The highest BCUT2D eigenvalue weighted by Crippen LogP contribution is 2.33. The molecule has 0 aliphatic carbocycles. The number of aryl methyl sites for hydroxylation is 1. The molecule has 3 aromatic carbocycles. The van der Waals surface area contributed by atoms with Gasteiger partial charge in [0.15, 0.2) is 0 Å². The zero-order valence-corrected chi connectivity index (χ0v) is 18.3. The van der Waals surface area contributed by atoms with Gasteiger partial charge in [0, 0.05) is 41.1 Å². The molecule has 32 heavy (non-hydrogen) atoms. The van der Waals surface area contributed by atoms with Crippen LogP contribution in [-0.4, -0.2) is 24.0 Å². The number of anilines is 2. The van der Waals surface area contributed by atoms with Crippen molar-refractivity contribution in [3.8, 4) is 0 Å². The van der Waals surface area contributed by atoms with Crippen LogP contribution in [0.25, 0.3) is 10.9 Å². The molecular weight excluding hydrogens is 394 g/mol. The van der Waals surface area contributed by atoms with Gasteiger partial charge in [-0.1, -0.05) is 48.5 Å². The first-order valence-electron chi connectivity index (χ1n) is 11.2. The maximum absolute atomic E-state index is 12.6. The molecule has 1 saturated heterocycles. The van der Waals surface area contributed by atoms with Crippen LogP contribution in [0.4, 0.5) is 11.4 Å². The number of amides is 1. The largest absolute Gasteiger partial charge is 0.371 e. The van der Waals surface area contributed by atoms with Crippen LogP contribution < -0.4 is 10.2 Å². The zero-order valence-electron chi connectivity index (χ0n) is 18.3. The van der Waals surface area contributed by atoms with Gasteiger partial charge in [-0.05, 0) is 67.6 Å². The van der Waals surface area contributed by atoms with Crippen LogP contribution in [0, 0.1) is 12.8 Å². The van der Waals surface area contributed by atoms with Gasteiger partial charge in [0.1, 0.15) is 0 Å². The fourth-order valence-electron chi connectivity index (χ4n) is 4.63. The van der Waals surface area contributed by atoms with Gasteiger partial charge in [-0.2, -0.15) is 0 Å². The van der Waals surface area contributed by atoms with E-state index in [9.17, 15) is 4.79 Å². The summed E-state index contributed by atoms with van der Waals surface area (Å²) >= 11 is 0. The molecule has 160 valence electrons. The maximum Gasteiger partial charge on any atom is 0.255 e. The first-order chi connectivity index (χ1) is 15.7. The van der Waals surface area contributed by atoms with Gasteiger partial charge < -0.3 is 10.2 Å². The van der Waals surface area contributed by atoms with Crippen LogP contribution in [0.2, 0.25) is 0 Å². The standard InChI is InChI=1S/C28H27N3O/c1-20-16-27(31-15-14-22(19-31)17-21-8-4-2-5-9-21)25-18-24(12-13-26(25)29-20)30-28(32)23-10-6-3-7-11-23/h2-13,16,18,22H,14-15,17,19H2,1H3,(H,30,32)/t22-/m0/s1. The third-order valence-corrected chi connectivity index (χ3v) is 6.20. The molecular formula is C28H27N3O. The fraction of sp³-hybridized carbons (Fsp3) is 0.214. The third-order valence-electron chi connectivity index (χ3n) is 6.20. The Labute approximate surface area is 188 Å². The number of hydrogen-bond acceptors (Lipinski definition) is 3. The minimum absolute atomic E-state index is 0.101. The van der Waals surface area contributed by atoms with E-state index in [-0.39, 0.29) is 5.91 Å². The molecule has 1 aromatic heterocycles. The fourth-order valence-corrected chi connectivity index (χ4v) is 4.63. The topological polar surface area (TPSA) is 45.2 Å². The average molecular weight is 422 g/mol. The Balaban J connectivity index is 1.40. The molecule has 0 spiro atoms. The van der Waals surface area contributed by atoms with E-state index < -0.39 is 0 Å². The van der Waals surface area contributed by atoms with Gasteiger partial charge in [0.2, 0.25) is 0 Å². The number of aromatic nitrogens is 1. The predicted molar refractivity (Wildman–Crippen MR) is 131 cm³/mol. The molecule has 0 bridgehead atoms. The lowest BCUT2D eigenvalue weighted by atomic mass is 9.99. The van der Waals surface area contributed by atoms with Gasteiger partial charge in [0.05, 0.1) is 5.52 Å². The number of rotatable bonds is 5. The summed E-state index contributed by atoms with van der Waals surface area (Å²) in [5.74, 6) is 0.539. The first-order valence-corrected chi connectivity index (χ1v) is 11.2. The summed E-state index contributed by atoms with van der Waals surface area (Å²) in [6, 6.07) is 28.2. The minimum Gasteiger partial charge on any atom is -0.371 e. The van der Waals surface area contributed by atoms with E-state index >= 15 is 0 Å². The van der Waals surface area contributed by atoms with E-state index in [0.29, 0.717) is 11.5 Å². The first kappa shape index (κ1) is 20.3. The Morgan fingerprint density at radius 1 is 1.00 bits per heavy atom. The van der Waals surface area contributed by atoms with Crippen molar-refractivity contribution in [1.29, 1.82) is 0 Å². The van der Waals surface area contributed by atoms with Crippen molar-refractivity contribution < 1.29 is 4.79 Å². The van der Waals surface area contributed by atoms with E-state index in [1.54, 1.807) is 0 Å². The van der Waals surface area contributed by atoms with Gasteiger partial charge in [-0.3, -0.25) is 9.78 Å². The maximum atomic E-state index is 12.6. The molecule has 0 unspecified atom stereocenters. The van der Waals surface area contributed by atoms with Crippen LogP contribution in [0.1, 0.15) is 28.0 Å². The lowest BCUT2D eigenvalue weighted by molar-refractivity contribution is 0.102. The number of benzene rings is 3. The SMILES string of the molecule is Cc1cc(N2CC[C@@H](Cc3ccccc3)C2)c2cc(NC(=O)c3ccccc3)ccc2n1. The molecule has 1 fully saturated rings. The van der Waals surface area contributed by atoms with Crippen LogP contribution in [-0.2, 0) is 6.42 Å². The van der Waals surface area contributed by atoms with Gasteiger partial charge in [-0.25, -0.2) is 0 Å². The van der Waals surface area contributed by atoms with Crippen LogP contribution in [0.15, 0.2) is 84.9 Å². The van der Waals surface area contributed by atoms with E-state index in [4.69, 9.17) is 4.98 Å². The number of carbonyl (C=O) groups excluding carboxylic acids is 1. The molecule has 4 aromatic rings. The second-order valence-corrected chi connectivity index (χ2v) is 8.63. The van der Waals surface area contributed by atoms with Crippen molar-refractivity contribution in [2.24, 2.45) is 5.92 Å². The van der Waals surface area contributed by atoms with Gasteiger partial charge in [-0.15, -0.1) is 0 Å². The number of nitrogens with zero attached hydrogens (tertiary/aromatic N) is 2. The Bertz CT molecular complexity index is 1240. The average Bonchev–Trinajstić information content (AvgIpc) is 3.28. The minimum atomic E-state index is -0.101. The quantitative estimate of drug-likeness (QED) is 0.439. The third kappa shape index (κ3) is 4.35. The van der Waals surface area contributed by atoms with Crippen molar-refractivity contribution >= 4 is 28.2 Å². The van der Waals surface area contributed by atoms with Crippen LogP contribution in [0.5, 0.6) is 0 Å². The Morgan fingerprint density at radius 2 is 1.75 bits per heavy atom. The second kappa shape index (κ2) is 8.83. The van der Waals surface area contributed by atoms with E-state index in [1.165, 1.54) is 17.7 Å². The number of fused-ring (bicyclic) bond motifs is 1. The number of pyridine rings is 1. The van der Waals surface area contributed by atoms with Crippen LogP contribution >= 0.6 is 0 Å². The summed E-state index contributed by atoms with van der Waals surface area (Å²) in [5, 5.41) is 4.12.